The van der Waals surface area contributed by atoms with E-state index in [2.05, 4.69) is 20.6 Å². The number of rotatable bonds is 6. The van der Waals surface area contributed by atoms with Gasteiger partial charge in [0.05, 0.1) is 12.8 Å². The van der Waals surface area contributed by atoms with Gasteiger partial charge in [0, 0.05) is 28.4 Å². The third-order valence-electron chi connectivity index (χ3n) is 4.15. The number of methoxy groups -OCH3 is 1. The Morgan fingerprint density at radius 2 is 1.64 bits per heavy atom. The number of anilines is 4. The molecule has 0 saturated carbocycles. The molecule has 0 spiro atoms. The molecule has 144 valence electrons. The van der Waals surface area contributed by atoms with Crippen LogP contribution in [0.5, 0.6) is 5.75 Å². The Labute approximate surface area is 168 Å². The van der Waals surface area contributed by atoms with Crippen LogP contribution in [0, 0.1) is 13.8 Å². The smallest absolute Gasteiger partial charge is 0.159 e. The van der Waals surface area contributed by atoms with Gasteiger partial charge in [-0.3, -0.25) is 4.79 Å². The van der Waals surface area contributed by atoms with Crippen molar-refractivity contribution in [1.29, 1.82) is 0 Å². The van der Waals surface area contributed by atoms with Crippen LogP contribution in [-0.4, -0.2) is 22.9 Å². The lowest BCUT2D eigenvalue weighted by atomic mass is 10.1. The number of nitrogens with one attached hydrogen (secondary N) is 2. The number of benzene rings is 2. The summed E-state index contributed by atoms with van der Waals surface area (Å²) in [7, 11) is 1.59. The normalized spacial score (nSPS) is 10.5. The lowest BCUT2D eigenvalue weighted by Gasteiger charge is -2.14. The van der Waals surface area contributed by atoms with E-state index in [0.29, 0.717) is 33.8 Å². The van der Waals surface area contributed by atoms with Gasteiger partial charge >= 0.3 is 0 Å². The summed E-state index contributed by atoms with van der Waals surface area (Å²) in [5, 5.41) is 7.13. The van der Waals surface area contributed by atoms with E-state index < -0.39 is 0 Å². The molecule has 6 nitrogen and oxygen atoms in total. The number of carbonyl (C=O) groups is 1. The van der Waals surface area contributed by atoms with Crippen molar-refractivity contribution >= 4 is 40.4 Å². The number of ether oxygens (including phenoxy) is 1. The molecule has 0 aliphatic heterocycles. The number of hydrogen-bond acceptors (Lipinski definition) is 6. The van der Waals surface area contributed by atoms with E-state index in [1.54, 1.807) is 38.3 Å². The summed E-state index contributed by atoms with van der Waals surface area (Å²) in [5.41, 5.74) is 3.19. The standard InChI is InChI=1S/C21H21ClN4O2/c1-12-9-18(19(28-4)10-17(12)22)26-21-11-20(23-14(3)24-21)25-16-7-5-15(6-8-16)13(2)27/h5-11H,1-4H3,(H2,23,24,25,26). The molecule has 7 heteroatoms. The number of aromatic nitrogens is 2. The molecule has 1 aromatic heterocycles. The lowest BCUT2D eigenvalue weighted by Crippen LogP contribution is -2.03. The van der Waals surface area contributed by atoms with Crippen LogP contribution in [0.2, 0.25) is 5.02 Å². The molecule has 0 aliphatic carbocycles. The maximum absolute atomic E-state index is 11.4. The summed E-state index contributed by atoms with van der Waals surface area (Å²) in [6.45, 7) is 5.29. The highest BCUT2D eigenvalue weighted by Gasteiger charge is 2.10. The summed E-state index contributed by atoms with van der Waals surface area (Å²) in [6, 6.07) is 12.7. The minimum absolute atomic E-state index is 0.0307. The molecule has 0 amide bonds. The second kappa shape index (κ2) is 8.27. The Morgan fingerprint density at radius 3 is 2.25 bits per heavy atom. The maximum atomic E-state index is 11.4. The molecular formula is C21H21ClN4O2. The quantitative estimate of drug-likeness (QED) is 0.540. The summed E-state index contributed by atoms with van der Waals surface area (Å²) in [6.07, 6.45) is 0. The lowest BCUT2D eigenvalue weighted by molar-refractivity contribution is 0.101. The fourth-order valence-corrected chi connectivity index (χ4v) is 2.85. The molecule has 0 atom stereocenters. The van der Waals surface area contributed by atoms with Crippen molar-refractivity contribution in [2.75, 3.05) is 17.7 Å². The third kappa shape index (κ3) is 4.58. The number of nitrogens with zero attached hydrogens (tertiary/aromatic N) is 2. The first-order valence-corrected chi connectivity index (χ1v) is 9.08. The topological polar surface area (TPSA) is 76.1 Å². The zero-order valence-electron chi connectivity index (χ0n) is 16.1. The molecule has 1 heterocycles. The van der Waals surface area contributed by atoms with Crippen molar-refractivity contribution in [3.8, 4) is 5.75 Å². The summed E-state index contributed by atoms with van der Waals surface area (Å²) in [4.78, 5) is 20.3. The SMILES string of the molecule is COc1cc(Cl)c(C)cc1Nc1cc(Nc2ccc(C(C)=O)cc2)nc(C)n1. The first-order valence-electron chi connectivity index (χ1n) is 8.70. The fourth-order valence-electron chi connectivity index (χ4n) is 2.70. The Balaban J connectivity index is 1.86. The van der Waals surface area contributed by atoms with E-state index >= 15 is 0 Å². The highest BCUT2D eigenvalue weighted by Crippen LogP contribution is 2.33. The number of carbonyl (C=O) groups excluding carboxylic acids is 1. The van der Waals surface area contributed by atoms with Crippen molar-refractivity contribution < 1.29 is 9.53 Å². The van der Waals surface area contributed by atoms with Gasteiger partial charge in [-0.2, -0.15) is 0 Å². The first kappa shape index (κ1) is 19.6. The Kier molecular flexibility index (Phi) is 5.80. The van der Waals surface area contributed by atoms with Crippen LogP contribution in [0.1, 0.15) is 28.7 Å². The summed E-state index contributed by atoms with van der Waals surface area (Å²) < 4.78 is 5.41. The molecule has 0 unspecified atom stereocenters. The minimum atomic E-state index is 0.0307. The van der Waals surface area contributed by atoms with Gasteiger partial charge in [-0.1, -0.05) is 11.6 Å². The van der Waals surface area contributed by atoms with E-state index in [-0.39, 0.29) is 5.78 Å². The Hall–Kier alpha value is -3.12. The van der Waals surface area contributed by atoms with Gasteiger partial charge in [0.15, 0.2) is 5.78 Å². The van der Waals surface area contributed by atoms with Gasteiger partial charge < -0.3 is 15.4 Å². The average molecular weight is 397 g/mol. The van der Waals surface area contributed by atoms with Crippen molar-refractivity contribution in [2.24, 2.45) is 0 Å². The molecule has 0 bridgehead atoms. The van der Waals surface area contributed by atoms with Gasteiger partial charge in [0.25, 0.3) is 0 Å². The fraction of sp³-hybridized carbons (Fsp3) is 0.190. The van der Waals surface area contributed by atoms with E-state index in [1.165, 1.54) is 0 Å². The second-order valence-corrected chi connectivity index (χ2v) is 6.78. The maximum Gasteiger partial charge on any atom is 0.159 e. The van der Waals surface area contributed by atoms with Crippen LogP contribution in [0.4, 0.5) is 23.0 Å². The highest BCUT2D eigenvalue weighted by molar-refractivity contribution is 6.31. The number of Topliss-reactive ketones (excluding diaryl/α,β-unsaturated/α-hetero) is 1. The second-order valence-electron chi connectivity index (χ2n) is 6.37. The van der Waals surface area contributed by atoms with Crippen LogP contribution in [-0.2, 0) is 0 Å². The first-order chi connectivity index (χ1) is 13.4. The monoisotopic (exact) mass is 396 g/mol. The van der Waals surface area contributed by atoms with Gasteiger partial charge in [0.2, 0.25) is 0 Å². The molecule has 2 aromatic carbocycles. The van der Waals surface area contributed by atoms with Gasteiger partial charge in [-0.05, 0) is 56.7 Å². The van der Waals surface area contributed by atoms with Gasteiger partial charge in [0.1, 0.15) is 23.2 Å². The van der Waals surface area contributed by atoms with Gasteiger partial charge in [-0.15, -0.1) is 0 Å². The molecule has 2 N–H and O–H groups in total. The molecule has 3 rings (SSSR count). The number of halogens is 1. The van der Waals surface area contributed by atoms with Crippen molar-refractivity contribution in [3.05, 3.63) is 64.4 Å². The van der Waals surface area contributed by atoms with E-state index in [9.17, 15) is 4.79 Å². The molecule has 0 aliphatic rings. The summed E-state index contributed by atoms with van der Waals surface area (Å²) in [5.74, 6) is 2.52. The van der Waals surface area contributed by atoms with Crippen molar-refractivity contribution in [3.63, 3.8) is 0 Å². The zero-order valence-corrected chi connectivity index (χ0v) is 16.9. The number of aryl methyl sites for hydroxylation is 2. The Bertz CT molecular complexity index is 1020. The van der Waals surface area contributed by atoms with Crippen LogP contribution in [0.25, 0.3) is 0 Å². The molecule has 28 heavy (non-hydrogen) atoms. The van der Waals surface area contributed by atoms with E-state index in [1.807, 2.05) is 32.0 Å². The predicted octanol–water partition coefficient (Wildman–Crippen LogP) is 5.45. The highest BCUT2D eigenvalue weighted by atomic mass is 35.5. The largest absolute Gasteiger partial charge is 0.495 e. The zero-order chi connectivity index (χ0) is 20.3. The average Bonchev–Trinajstić information content (AvgIpc) is 2.64. The third-order valence-corrected chi connectivity index (χ3v) is 4.55. The molecule has 0 saturated heterocycles. The summed E-state index contributed by atoms with van der Waals surface area (Å²) >= 11 is 6.17. The minimum Gasteiger partial charge on any atom is -0.495 e. The van der Waals surface area contributed by atoms with E-state index in [0.717, 1.165) is 16.9 Å². The number of ketones is 1. The van der Waals surface area contributed by atoms with Crippen LogP contribution in [0.3, 0.4) is 0 Å². The van der Waals surface area contributed by atoms with Crippen molar-refractivity contribution in [1.82, 2.24) is 9.97 Å². The van der Waals surface area contributed by atoms with Gasteiger partial charge in [-0.25, -0.2) is 9.97 Å². The van der Waals surface area contributed by atoms with Crippen LogP contribution < -0.4 is 15.4 Å². The van der Waals surface area contributed by atoms with Crippen LogP contribution in [0.15, 0.2) is 42.5 Å². The predicted molar refractivity (Wildman–Crippen MR) is 113 cm³/mol. The molecule has 0 radical (unpaired) electrons. The van der Waals surface area contributed by atoms with Crippen LogP contribution >= 0.6 is 11.6 Å². The molecular weight excluding hydrogens is 376 g/mol. The van der Waals surface area contributed by atoms with Crippen molar-refractivity contribution in [2.45, 2.75) is 20.8 Å². The molecule has 3 aromatic rings. The Morgan fingerprint density at radius 1 is 1.00 bits per heavy atom. The number of hydrogen-bond donors (Lipinski definition) is 2. The molecule has 0 fully saturated rings. The van der Waals surface area contributed by atoms with E-state index in [4.69, 9.17) is 16.3 Å².